The highest BCUT2D eigenvalue weighted by Gasteiger charge is 2.25. The van der Waals surface area contributed by atoms with E-state index >= 15 is 0 Å². The van der Waals surface area contributed by atoms with Gasteiger partial charge in [0.1, 0.15) is 12.4 Å². The van der Waals surface area contributed by atoms with Gasteiger partial charge in [-0.05, 0) is 30.5 Å². The molecule has 0 spiro atoms. The molecule has 0 saturated heterocycles. The lowest BCUT2D eigenvalue weighted by atomic mass is 10.0. The van der Waals surface area contributed by atoms with Gasteiger partial charge in [0.25, 0.3) is 0 Å². The minimum atomic E-state index is 0.363. The molecule has 0 radical (unpaired) electrons. The Morgan fingerprint density at radius 2 is 2.12 bits per heavy atom. The van der Waals surface area contributed by atoms with E-state index in [1.807, 2.05) is 12.1 Å². The van der Waals surface area contributed by atoms with E-state index in [2.05, 4.69) is 20.1 Å². The van der Waals surface area contributed by atoms with E-state index in [0.717, 1.165) is 47.4 Å². The summed E-state index contributed by atoms with van der Waals surface area (Å²) < 4.78 is 5.63. The van der Waals surface area contributed by atoms with Crippen LogP contribution >= 0.6 is 34.8 Å². The van der Waals surface area contributed by atoms with E-state index in [1.165, 1.54) is 0 Å². The van der Waals surface area contributed by atoms with Crippen molar-refractivity contribution in [1.29, 1.82) is 0 Å². The summed E-state index contributed by atoms with van der Waals surface area (Å²) in [7, 11) is 0. The fourth-order valence-electron chi connectivity index (χ4n) is 3.13. The Kier molecular flexibility index (Phi) is 4.63. The summed E-state index contributed by atoms with van der Waals surface area (Å²) in [5.41, 5.74) is 2.90. The summed E-state index contributed by atoms with van der Waals surface area (Å²) in [6.45, 7) is 1.21. The van der Waals surface area contributed by atoms with E-state index in [0.29, 0.717) is 28.3 Å². The first-order valence-corrected chi connectivity index (χ1v) is 9.24. The van der Waals surface area contributed by atoms with Crippen LogP contribution in [-0.2, 0) is 6.42 Å². The van der Waals surface area contributed by atoms with Crippen molar-refractivity contribution in [2.24, 2.45) is 0 Å². The van der Waals surface area contributed by atoms with Gasteiger partial charge >= 0.3 is 0 Å². The molecule has 130 valence electrons. The third kappa shape index (κ3) is 3.01. The van der Waals surface area contributed by atoms with Crippen LogP contribution in [0.4, 0.5) is 11.5 Å². The van der Waals surface area contributed by atoms with Gasteiger partial charge in [-0.1, -0.05) is 23.2 Å². The second-order valence-corrected chi connectivity index (χ2v) is 6.95. The number of aromatic amines is 1. The van der Waals surface area contributed by atoms with Gasteiger partial charge < -0.3 is 9.64 Å². The zero-order valence-corrected chi connectivity index (χ0v) is 15.5. The Balaban J connectivity index is 1.79. The monoisotopic (exact) mass is 396 g/mol. The number of fused-ring (bicyclic) bond motifs is 2. The third-order valence-corrected chi connectivity index (χ3v) is 5.10. The van der Waals surface area contributed by atoms with Crippen LogP contribution in [0.15, 0.2) is 24.5 Å². The van der Waals surface area contributed by atoms with Crippen molar-refractivity contribution in [2.75, 3.05) is 23.9 Å². The molecule has 3 aromatic rings. The van der Waals surface area contributed by atoms with Crippen LogP contribution in [0, 0.1) is 0 Å². The molecule has 1 aromatic carbocycles. The molecule has 0 amide bonds. The lowest BCUT2D eigenvalue weighted by Crippen LogP contribution is -2.25. The second-order valence-electron chi connectivity index (χ2n) is 5.79. The Morgan fingerprint density at radius 1 is 1.24 bits per heavy atom. The van der Waals surface area contributed by atoms with Crippen LogP contribution in [0.5, 0.6) is 5.75 Å². The van der Waals surface area contributed by atoms with Gasteiger partial charge in [-0.2, -0.15) is 5.10 Å². The lowest BCUT2D eigenvalue weighted by Gasteiger charge is -2.32. The van der Waals surface area contributed by atoms with Gasteiger partial charge in [0.15, 0.2) is 5.75 Å². The Bertz CT molecular complexity index is 928. The molecule has 0 atom stereocenters. The minimum absolute atomic E-state index is 0.363. The number of anilines is 2. The quantitative estimate of drug-likeness (QED) is 0.632. The number of ether oxygens (including phenoxy) is 1. The number of halogens is 3. The average Bonchev–Trinajstić information content (AvgIpc) is 3.09. The molecule has 0 aliphatic carbocycles. The number of aromatic nitrogens is 3. The fourth-order valence-corrected chi connectivity index (χ4v) is 3.86. The van der Waals surface area contributed by atoms with E-state index in [1.54, 1.807) is 12.4 Å². The molecule has 25 heavy (non-hydrogen) atoms. The zero-order valence-electron chi connectivity index (χ0n) is 13.2. The van der Waals surface area contributed by atoms with Crippen molar-refractivity contribution < 1.29 is 4.74 Å². The van der Waals surface area contributed by atoms with Crippen LogP contribution in [0.2, 0.25) is 10.0 Å². The average molecular weight is 398 g/mol. The maximum atomic E-state index is 6.58. The van der Waals surface area contributed by atoms with Gasteiger partial charge in [0.2, 0.25) is 0 Å². The Labute approximate surface area is 159 Å². The standard InChI is InChI=1S/C17H15Cl3N4O/c18-3-5-25-17-12(19)7-14-11(16(17)20)2-1-4-24(14)15-6-10-8-22-23-13(10)9-21-15/h6-9H,1-5H2,(H,22,23). The Morgan fingerprint density at radius 3 is 2.96 bits per heavy atom. The first-order chi connectivity index (χ1) is 12.2. The number of pyridine rings is 1. The Hall–Kier alpha value is -1.69. The van der Waals surface area contributed by atoms with Crippen molar-refractivity contribution in [2.45, 2.75) is 12.8 Å². The highest BCUT2D eigenvalue weighted by molar-refractivity contribution is 6.38. The SMILES string of the molecule is ClCCOc1c(Cl)cc2c(c1Cl)CCCN2c1cc2cn[nH]c2cn1. The number of alkyl halides is 1. The molecule has 3 heterocycles. The number of rotatable bonds is 4. The molecular formula is C17H15Cl3N4O. The smallest absolute Gasteiger partial charge is 0.156 e. The molecule has 2 aromatic heterocycles. The summed E-state index contributed by atoms with van der Waals surface area (Å²) in [5.74, 6) is 1.73. The normalized spacial score (nSPS) is 14.0. The van der Waals surface area contributed by atoms with Crippen LogP contribution in [0.25, 0.3) is 10.9 Å². The second kappa shape index (κ2) is 6.90. The number of nitrogens with zero attached hydrogens (tertiary/aromatic N) is 3. The molecule has 0 unspecified atom stereocenters. The molecule has 5 nitrogen and oxygen atoms in total. The number of nitrogens with one attached hydrogen (secondary N) is 1. The number of hydrogen-bond acceptors (Lipinski definition) is 4. The molecule has 1 aliphatic heterocycles. The predicted octanol–water partition coefficient (Wildman–Crippen LogP) is 4.97. The first kappa shape index (κ1) is 16.8. The lowest BCUT2D eigenvalue weighted by molar-refractivity contribution is 0.343. The van der Waals surface area contributed by atoms with Crippen LogP contribution in [-0.4, -0.2) is 34.2 Å². The van der Waals surface area contributed by atoms with Crippen molar-refractivity contribution in [3.05, 3.63) is 40.1 Å². The van der Waals surface area contributed by atoms with E-state index in [-0.39, 0.29) is 0 Å². The van der Waals surface area contributed by atoms with E-state index < -0.39 is 0 Å². The molecule has 0 fully saturated rings. The van der Waals surface area contributed by atoms with E-state index in [9.17, 15) is 0 Å². The number of H-pyrrole nitrogens is 1. The molecular weight excluding hydrogens is 383 g/mol. The third-order valence-electron chi connectivity index (χ3n) is 4.26. The van der Waals surface area contributed by atoms with Gasteiger partial charge in [-0.3, -0.25) is 5.10 Å². The predicted molar refractivity (Wildman–Crippen MR) is 102 cm³/mol. The maximum Gasteiger partial charge on any atom is 0.156 e. The molecule has 0 bridgehead atoms. The zero-order chi connectivity index (χ0) is 17.4. The highest BCUT2D eigenvalue weighted by Crippen LogP contribution is 2.45. The summed E-state index contributed by atoms with van der Waals surface area (Å²) in [5, 5.41) is 9.01. The molecule has 1 aliphatic rings. The molecule has 0 saturated carbocycles. The molecule has 1 N–H and O–H groups in total. The van der Waals surface area contributed by atoms with Crippen molar-refractivity contribution in [3.8, 4) is 5.75 Å². The summed E-state index contributed by atoms with van der Waals surface area (Å²) in [4.78, 5) is 6.69. The topological polar surface area (TPSA) is 54.0 Å². The van der Waals surface area contributed by atoms with Gasteiger partial charge in [-0.25, -0.2) is 4.98 Å². The fraction of sp³-hybridized carbons (Fsp3) is 0.294. The van der Waals surface area contributed by atoms with Gasteiger partial charge in [0.05, 0.1) is 33.8 Å². The summed E-state index contributed by atoms with van der Waals surface area (Å²) >= 11 is 18.7. The van der Waals surface area contributed by atoms with E-state index in [4.69, 9.17) is 39.5 Å². The largest absolute Gasteiger partial charge is 0.489 e. The van der Waals surface area contributed by atoms with Crippen LogP contribution < -0.4 is 9.64 Å². The molecule has 8 heteroatoms. The van der Waals surface area contributed by atoms with Crippen LogP contribution in [0.1, 0.15) is 12.0 Å². The number of hydrogen-bond donors (Lipinski definition) is 1. The molecule has 4 rings (SSSR count). The summed E-state index contributed by atoms with van der Waals surface area (Å²) in [6, 6.07) is 3.90. The van der Waals surface area contributed by atoms with Crippen LogP contribution in [0.3, 0.4) is 0 Å². The van der Waals surface area contributed by atoms with Crippen molar-refractivity contribution in [3.63, 3.8) is 0 Å². The number of benzene rings is 1. The maximum absolute atomic E-state index is 6.58. The summed E-state index contributed by atoms with van der Waals surface area (Å²) in [6.07, 6.45) is 5.41. The first-order valence-electron chi connectivity index (χ1n) is 7.95. The van der Waals surface area contributed by atoms with Gasteiger partial charge in [-0.15, -0.1) is 11.6 Å². The van der Waals surface area contributed by atoms with Crippen molar-refractivity contribution in [1.82, 2.24) is 15.2 Å². The van der Waals surface area contributed by atoms with Crippen molar-refractivity contribution >= 4 is 57.2 Å². The highest BCUT2D eigenvalue weighted by atomic mass is 35.5. The minimum Gasteiger partial charge on any atom is -0.489 e. The van der Waals surface area contributed by atoms with Gasteiger partial charge in [0, 0.05) is 17.6 Å².